The maximum absolute atomic E-state index is 5.91. The van der Waals surface area contributed by atoms with Gasteiger partial charge in [0.05, 0.1) is 0 Å². The third kappa shape index (κ3) is 3.57. The second kappa shape index (κ2) is 6.71. The Morgan fingerprint density at radius 1 is 1.21 bits per heavy atom. The van der Waals surface area contributed by atoms with Gasteiger partial charge in [0.15, 0.2) is 0 Å². The van der Waals surface area contributed by atoms with Crippen LogP contribution in [0, 0.1) is 0 Å². The Bertz CT molecular complexity index is 525. The molecule has 1 aromatic heterocycles. The highest BCUT2D eigenvalue weighted by Crippen LogP contribution is 2.31. The fourth-order valence-corrected chi connectivity index (χ4v) is 2.20. The molecule has 0 aliphatic heterocycles. The van der Waals surface area contributed by atoms with Gasteiger partial charge in [0, 0.05) is 17.6 Å². The molecule has 2 rings (SSSR count). The number of halogens is 1. The lowest BCUT2D eigenvalue weighted by Gasteiger charge is -2.14. The summed E-state index contributed by atoms with van der Waals surface area (Å²) in [5, 5.41) is 0.809. The SMILES string of the molecule is CCC(C)c1ccccc1Oc1ccc(CBr)cn1. The Hall–Kier alpha value is -1.35. The fourth-order valence-electron chi connectivity index (χ4n) is 1.86. The van der Waals surface area contributed by atoms with Crippen molar-refractivity contribution < 1.29 is 4.74 Å². The molecule has 0 saturated carbocycles. The molecule has 0 aliphatic rings. The number of alkyl halides is 1. The van der Waals surface area contributed by atoms with E-state index in [0.717, 1.165) is 23.1 Å². The number of rotatable bonds is 5. The van der Waals surface area contributed by atoms with Gasteiger partial charge in [-0.1, -0.05) is 54.0 Å². The zero-order valence-electron chi connectivity index (χ0n) is 11.3. The number of ether oxygens (including phenoxy) is 1. The van der Waals surface area contributed by atoms with E-state index in [1.54, 1.807) is 0 Å². The molecule has 19 heavy (non-hydrogen) atoms. The third-order valence-electron chi connectivity index (χ3n) is 3.23. The van der Waals surface area contributed by atoms with E-state index in [-0.39, 0.29) is 0 Å². The minimum Gasteiger partial charge on any atom is -0.439 e. The first-order valence-corrected chi connectivity index (χ1v) is 7.64. The van der Waals surface area contributed by atoms with Crippen LogP contribution in [0.5, 0.6) is 11.6 Å². The Morgan fingerprint density at radius 2 is 2.00 bits per heavy atom. The van der Waals surface area contributed by atoms with Crippen LogP contribution >= 0.6 is 15.9 Å². The Kier molecular flexibility index (Phi) is 4.97. The maximum atomic E-state index is 5.91. The molecule has 2 nitrogen and oxygen atoms in total. The Morgan fingerprint density at radius 3 is 2.63 bits per heavy atom. The number of benzene rings is 1. The molecule has 0 N–H and O–H groups in total. The minimum absolute atomic E-state index is 0.484. The molecule has 0 bridgehead atoms. The van der Waals surface area contributed by atoms with Crippen LogP contribution < -0.4 is 4.74 Å². The number of aromatic nitrogens is 1. The van der Waals surface area contributed by atoms with E-state index in [9.17, 15) is 0 Å². The van der Waals surface area contributed by atoms with Gasteiger partial charge < -0.3 is 4.74 Å². The quantitative estimate of drug-likeness (QED) is 0.699. The van der Waals surface area contributed by atoms with Gasteiger partial charge in [-0.25, -0.2) is 4.98 Å². The summed E-state index contributed by atoms with van der Waals surface area (Å²) in [6.07, 6.45) is 2.92. The average Bonchev–Trinajstić information content (AvgIpc) is 2.48. The molecule has 1 aromatic carbocycles. The van der Waals surface area contributed by atoms with Crippen LogP contribution in [-0.4, -0.2) is 4.98 Å². The van der Waals surface area contributed by atoms with Crippen molar-refractivity contribution in [2.75, 3.05) is 0 Å². The van der Waals surface area contributed by atoms with Crippen molar-refractivity contribution in [3.8, 4) is 11.6 Å². The van der Waals surface area contributed by atoms with E-state index in [0.29, 0.717) is 11.8 Å². The van der Waals surface area contributed by atoms with Gasteiger partial charge >= 0.3 is 0 Å². The topological polar surface area (TPSA) is 22.1 Å². The molecule has 1 heterocycles. The maximum Gasteiger partial charge on any atom is 0.219 e. The van der Waals surface area contributed by atoms with Crippen molar-refractivity contribution in [2.24, 2.45) is 0 Å². The lowest BCUT2D eigenvalue weighted by molar-refractivity contribution is 0.452. The van der Waals surface area contributed by atoms with Crippen molar-refractivity contribution >= 4 is 15.9 Å². The van der Waals surface area contributed by atoms with E-state index in [2.05, 4.69) is 46.9 Å². The first-order chi connectivity index (χ1) is 9.24. The summed E-state index contributed by atoms with van der Waals surface area (Å²) in [5.74, 6) is 2.02. The molecular formula is C16H18BrNO. The average molecular weight is 320 g/mol. The van der Waals surface area contributed by atoms with E-state index < -0.39 is 0 Å². The predicted octanol–water partition coefficient (Wildman–Crippen LogP) is 5.28. The van der Waals surface area contributed by atoms with Gasteiger partial charge in [0.1, 0.15) is 5.75 Å². The van der Waals surface area contributed by atoms with Crippen LogP contribution in [0.15, 0.2) is 42.6 Å². The molecule has 2 aromatic rings. The summed E-state index contributed by atoms with van der Waals surface area (Å²) < 4.78 is 5.91. The monoisotopic (exact) mass is 319 g/mol. The lowest BCUT2D eigenvalue weighted by Crippen LogP contribution is -1.97. The molecule has 0 amide bonds. The fraction of sp³-hybridized carbons (Fsp3) is 0.312. The van der Waals surface area contributed by atoms with Crippen LogP contribution in [-0.2, 0) is 5.33 Å². The summed E-state index contributed by atoms with van der Waals surface area (Å²) in [7, 11) is 0. The molecule has 0 fully saturated rings. The smallest absolute Gasteiger partial charge is 0.219 e. The summed E-state index contributed by atoms with van der Waals surface area (Å²) in [4.78, 5) is 4.32. The molecule has 1 unspecified atom stereocenters. The van der Waals surface area contributed by atoms with Gasteiger partial charge in [-0.15, -0.1) is 0 Å². The van der Waals surface area contributed by atoms with Crippen molar-refractivity contribution in [1.29, 1.82) is 0 Å². The largest absolute Gasteiger partial charge is 0.439 e. The van der Waals surface area contributed by atoms with E-state index in [1.165, 1.54) is 5.56 Å². The number of hydrogen-bond donors (Lipinski definition) is 0. The highest BCUT2D eigenvalue weighted by Gasteiger charge is 2.10. The normalized spacial score (nSPS) is 12.2. The van der Waals surface area contributed by atoms with Crippen LogP contribution in [0.25, 0.3) is 0 Å². The number of pyridine rings is 1. The van der Waals surface area contributed by atoms with Crippen molar-refractivity contribution in [3.63, 3.8) is 0 Å². The lowest BCUT2D eigenvalue weighted by atomic mass is 9.98. The first kappa shape index (κ1) is 14.1. The van der Waals surface area contributed by atoms with Gasteiger partial charge in [-0.05, 0) is 29.5 Å². The molecule has 1 atom stereocenters. The van der Waals surface area contributed by atoms with Crippen molar-refractivity contribution in [2.45, 2.75) is 31.5 Å². The second-order valence-corrected chi connectivity index (χ2v) is 5.15. The summed E-state index contributed by atoms with van der Waals surface area (Å²) in [5.41, 5.74) is 2.37. The third-order valence-corrected chi connectivity index (χ3v) is 3.88. The van der Waals surface area contributed by atoms with Gasteiger partial charge in [-0.2, -0.15) is 0 Å². The van der Waals surface area contributed by atoms with Crippen LogP contribution in [0.3, 0.4) is 0 Å². The highest BCUT2D eigenvalue weighted by molar-refractivity contribution is 9.08. The van der Waals surface area contributed by atoms with E-state index in [1.807, 2.05) is 30.5 Å². The molecular weight excluding hydrogens is 302 g/mol. The van der Waals surface area contributed by atoms with Crippen molar-refractivity contribution in [3.05, 3.63) is 53.7 Å². The zero-order valence-corrected chi connectivity index (χ0v) is 12.9. The Balaban J connectivity index is 2.22. The standard InChI is InChI=1S/C16H18BrNO/c1-3-12(2)14-6-4-5-7-15(14)19-16-9-8-13(10-17)11-18-16/h4-9,11-12H,3,10H2,1-2H3. The summed E-state index contributed by atoms with van der Waals surface area (Å²) in [6.45, 7) is 4.40. The molecule has 0 radical (unpaired) electrons. The van der Waals surface area contributed by atoms with Crippen LogP contribution in [0.1, 0.15) is 37.3 Å². The Labute approximate surface area is 123 Å². The molecule has 0 aliphatic carbocycles. The summed E-state index contributed by atoms with van der Waals surface area (Å²) >= 11 is 3.41. The van der Waals surface area contributed by atoms with E-state index in [4.69, 9.17) is 4.74 Å². The van der Waals surface area contributed by atoms with Gasteiger partial charge in [-0.3, -0.25) is 0 Å². The molecule has 0 spiro atoms. The number of hydrogen-bond acceptors (Lipinski definition) is 2. The van der Waals surface area contributed by atoms with Gasteiger partial charge in [0.25, 0.3) is 0 Å². The molecule has 3 heteroatoms. The predicted molar refractivity (Wildman–Crippen MR) is 82.1 cm³/mol. The number of para-hydroxylation sites is 1. The molecule has 100 valence electrons. The van der Waals surface area contributed by atoms with Crippen molar-refractivity contribution in [1.82, 2.24) is 4.98 Å². The highest BCUT2D eigenvalue weighted by atomic mass is 79.9. The molecule has 0 saturated heterocycles. The number of nitrogens with zero attached hydrogens (tertiary/aromatic N) is 1. The van der Waals surface area contributed by atoms with Gasteiger partial charge in [0.2, 0.25) is 5.88 Å². The van der Waals surface area contributed by atoms with E-state index >= 15 is 0 Å². The zero-order chi connectivity index (χ0) is 13.7. The first-order valence-electron chi connectivity index (χ1n) is 6.52. The van der Waals surface area contributed by atoms with Crippen LogP contribution in [0.4, 0.5) is 0 Å². The summed E-state index contributed by atoms with van der Waals surface area (Å²) in [6, 6.07) is 12.1. The van der Waals surface area contributed by atoms with Crippen LogP contribution in [0.2, 0.25) is 0 Å². The minimum atomic E-state index is 0.484. The second-order valence-electron chi connectivity index (χ2n) is 4.59.